The van der Waals surface area contributed by atoms with Crippen molar-refractivity contribution in [3.8, 4) is 0 Å². The summed E-state index contributed by atoms with van der Waals surface area (Å²) in [5.41, 5.74) is 8.60. The second-order valence-corrected chi connectivity index (χ2v) is 6.69. The average molecular weight is 310 g/mol. The number of likely N-dealkylation sites (N-methyl/N-ethyl adjacent to an activating group) is 2. The molecule has 0 radical (unpaired) electrons. The molecule has 0 aliphatic carbocycles. The summed E-state index contributed by atoms with van der Waals surface area (Å²) in [6.07, 6.45) is 4.32. The van der Waals surface area contributed by atoms with Crippen LogP contribution in [0.1, 0.15) is 31.7 Å². The molecule has 0 aromatic heterocycles. The van der Waals surface area contributed by atoms with Gasteiger partial charge in [-0.1, -0.05) is 24.6 Å². The second-order valence-electron chi connectivity index (χ2n) is 6.28. The fourth-order valence-electron chi connectivity index (χ4n) is 3.14. The van der Waals surface area contributed by atoms with Gasteiger partial charge in [0.25, 0.3) is 0 Å². The van der Waals surface area contributed by atoms with Gasteiger partial charge in [-0.2, -0.15) is 0 Å². The average Bonchev–Trinajstić information content (AvgIpc) is 2.48. The molecule has 1 aromatic carbocycles. The lowest BCUT2D eigenvalue weighted by Gasteiger charge is -2.38. The second kappa shape index (κ2) is 7.48. The molecule has 2 N–H and O–H groups in total. The molecule has 1 aromatic rings. The molecule has 1 aliphatic rings. The number of hydrogen-bond donors (Lipinski definition) is 1. The highest BCUT2D eigenvalue weighted by atomic mass is 35.5. The fourth-order valence-corrected chi connectivity index (χ4v) is 3.39. The number of nitrogens with two attached hydrogens (primary N) is 1. The smallest absolute Gasteiger partial charge is 0.0459 e. The summed E-state index contributed by atoms with van der Waals surface area (Å²) >= 11 is 6.45. The SMILES string of the molecule is CCC(N)Cc1c(Cl)cccc1N(C)C1CCCN(C)C1. The number of halogens is 1. The van der Waals surface area contributed by atoms with E-state index in [2.05, 4.69) is 36.9 Å². The number of likely N-dealkylation sites (tertiary alicyclic amines) is 1. The van der Waals surface area contributed by atoms with E-state index in [1.165, 1.54) is 30.6 Å². The summed E-state index contributed by atoms with van der Waals surface area (Å²) in [6, 6.07) is 6.92. The number of piperidine rings is 1. The molecule has 2 rings (SSSR count). The van der Waals surface area contributed by atoms with Gasteiger partial charge >= 0.3 is 0 Å². The van der Waals surface area contributed by atoms with Crippen LogP contribution in [0.5, 0.6) is 0 Å². The first-order chi connectivity index (χ1) is 10.0. The van der Waals surface area contributed by atoms with Gasteiger partial charge in [0, 0.05) is 36.4 Å². The van der Waals surface area contributed by atoms with Crippen molar-refractivity contribution in [3.63, 3.8) is 0 Å². The summed E-state index contributed by atoms with van der Waals surface area (Å²) in [5.74, 6) is 0. The van der Waals surface area contributed by atoms with Crippen molar-refractivity contribution in [3.05, 3.63) is 28.8 Å². The lowest BCUT2D eigenvalue weighted by Crippen LogP contribution is -2.45. The summed E-state index contributed by atoms with van der Waals surface area (Å²) in [7, 11) is 4.39. The van der Waals surface area contributed by atoms with Gasteiger partial charge in [0.2, 0.25) is 0 Å². The van der Waals surface area contributed by atoms with Gasteiger partial charge < -0.3 is 15.5 Å². The van der Waals surface area contributed by atoms with Gasteiger partial charge in [-0.15, -0.1) is 0 Å². The molecule has 118 valence electrons. The number of rotatable bonds is 5. The van der Waals surface area contributed by atoms with Crippen molar-refractivity contribution in [2.75, 3.05) is 32.1 Å². The Kier molecular flexibility index (Phi) is 5.91. The van der Waals surface area contributed by atoms with Gasteiger partial charge in [-0.3, -0.25) is 0 Å². The Morgan fingerprint density at radius 2 is 2.24 bits per heavy atom. The molecule has 21 heavy (non-hydrogen) atoms. The minimum atomic E-state index is 0.172. The van der Waals surface area contributed by atoms with Gasteiger partial charge in [-0.25, -0.2) is 0 Å². The van der Waals surface area contributed by atoms with E-state index >= 15 is 0 Å². The Balaban J connectivity index is 2.23. The van der Waals surface area contributed by atoms with Crippen LogP contribution < -0.4 is 10.6 Å². The van der Waals surface area contributed by atoms with Gasteiger partial charge in [0.1, 0.15) is 0 Å². The minimum Gasteiger partial charge on any atom is -0.370 e. The maximum Gasteiger partial charge on any atom is 0.0459 e. The van der Waals surface area contributed by atoms with Crippen molar-refractivity contribution in [2.24, 2.45) is 5.73 Å². The van der Waals surface area contributed by atoms with Crippen LogP contribution in [0.3, 0.4) is 0 Å². The summed E-state index contributed by atoms with van der Waals surface area (Å²) in [4.78, 5) is 4.81. The monoisotopic (exact) mass is 309 g/mol. The van der Waals surface area contributed by atoms with E-state index in [-0.39, 0.29) is 6.04 Å². The van der Waals surface area contributed by atoms with E-state index in [0.717, 1.165) is 24.4 Å². The van der Waals surface area contributed by atoms with Crippen LogP contribution in [0.4, 0.5) is 5.69 Å². The van der Waals surface area contributed by atoms with Crippen LogP contribution in [-0.2, 0) is 6.42 Å². The summed E-state index contributed by atoms with van der Waals surface area (Å²) in [6.45, 7) is 4.44. The molecule has 1 heterocycles. The van der Waals surface area contributed by atoms with Crippen LogP contribution in [0.2, 0.25) is 5.02 Å². The zero-order chi connectivity index (χ0) is 15.4. The van der Waals surface area contributed by atoms with E-state index in [0.29, 0.717) is 6.04 Å². The van der Waals surface area contributed by atoms with Crippen molar-refractivity contribution >= 4 is 17.3 Å². The first-order valence-corrected chi connectivity index (χ1v) is 8.35. The zero-order valence-electron chi connectivity index (χ0n) is 13.5. The molecular weight excluding hydrogens is 282 g/mol. The standard InChI is InChI=1S/C17H28ClN3/c1-4-13(19)11-15-16(18)8-5-9-17(15)21(3)14-7-6-10-20(2)12-14/h5,8-9,13-14H,4,6-7,10-12,19H2,1-3H3. The number of anilines is 1. The van der Waals surface area contributed by atoms with E-state index in [4.69, 9.17) is 17.3 Å². The third kappa shape index (κ3) is 4.12. The molecule has 0 amide bonds. The van der Waals surface area contributed by atoms with E-state index in [1.54, 1.807) is 0 Å². The third-order valence-corrected chi connectivity index (χ3v) is 4.97. The highest BCUT2D eigenvalue weighted by Gasteiger charge is 2.23. The van der Waals surface area contributed by atoms with E-state index in [9.17, 15) is 0 Å². The Morgan fingerprint density at radius 1 is 1.48 bits per heavy atom. The Bertz CT molecular complexity index is 463. The molecule has 0 saturated carbocycles. The fraction of sp³-hybridized carbons (Fsp3) is 0.647. The molecule has 0 spiro atoms. The predicted molar refractivity (Wildman–Crippen MR) is 92.3 cm³/mol. The number of benzene rings is 1. The zero-order valence-corrected chi connectivity index (χ0v) is 14.2. The topological polar surface area (TPSA) is 32.5 Å². The van der Waals surface area contributed by atoms with Crippen LogP contribution in [0.15, 0.2) is 18.2 Å². The van der Waals surface area contributed by atoms with Crippen LogP contribution in [0.25, 0.3) is 0 Å². The van der Waals surface area contributed by atoms with Crippen molar-refractivity contribution in [1.82, 2.24) is 4.90 Å². The van der Waals surface area contributed by atoms with Crippen LogP contribution in [-0.4, -0.2) is 44.2 Å². The van der Waals surface area contributed by atoms with Gasteiger partial charge in [-0.05, 0) is 57.0 Å². The molecule has 2 atom stereocenters. The molecule has 3 nitrogen and oxygen atoms in total. The van der Waals surface area contributed by atoms with Gasteiger partial charge in [0.15, 0.2) is 0 Å². The largest absolute Gasteiger partial charge is 0.370 e. The highest BCUT2D eigenvalue weighted by Crippen LogP contribution is 2.31. The van der Waals surface area contributed by atoms with E-state index < -0.39 is 0 Å². The van der Waals surface area contributed by atoms with Crippen molar-refractivity contribution in [2.45, 2.75) is 44.7 Å². The first kappa shape index (κ1) is 16.6. The third-order valence-electron chi connectivity index (χ3n) is 4.61. The lowest BCUT2D eigenvalue weighted by molar-refractivity contribution is 0.248. The molecule has 1 saturated heterocycles. The summed E-state index contributed by atoms with van der Waals surface area (Å²) in [5, 5.41) is 0.840. The number of hydrogen-bond acceptors (Lipinski definition) is 3. The van der Waals surface area contributed by atoms with Crippen molar-refractivity contribution in [1.29, 1.82) is 0 Å². The molecule has 2 unspecified atom stereocenters. The normalized spacial score (nSPS) is 21.3. The highest BCUT2D eigenvalue weighted by molar-refractivity contribution is 6.31. The Morgan fingerprint density at radius 3 is 2.90 bits per heavy atom. The van der Waals surface area contributed by atoms with Gasteiger partial charge in [0.05, 0.1) is 0 Å². The summed E-state index contributed by atoms with van der Waals surface area (Å²) < 4.78 is 0. The molecule has 4 heteroatoms. The molecule has 0 bridgehead atoms. The predicted octanol–water partition coefficient (Wildman–Crippen LogP) is 3.15. The van der Waals surface area contributed by atoms with Crippen molar-refractivity contribution < 1.29 is 0 Å². The van der Waals surface area contributed by atoms with Crippen LogP contribution >= 0.6 is 11.6 Å². The lowest BCUT2D eigenvalue weighted by atomic mass is 9.99. The molecule has 1 aliphatic heterocycles. The minimum absolute atomic E-state index is 0.172. The Hall–Kier alpha value is -0.770. The maximum absolute atomic E-state index is 6.45. The molecule has 1 fully saturated rings. The first-order valence-electron chi connectivity index (χ1n) is 7.97. The molecular formula is C17H28ClN3. The maximum atomic E-state index is 6.45. The quantitative estimate of drug-likeness (QED) is 0.907. The van der Waals surface area contributed by atoms with Crippen LogP contribution in [0, 0.1) is 0 Å². The van der Waals surface area contributed by atoms with E-state index in [1.807, 2.05) is 12.1 Å². The Labute approximate surface area is 134 Å². The number of nitrogens with zero attached hydrogens (tertiary/aromatic N) is 2.